The van der Waals surface area contributed by atoms with Crippen LogP contribution in [0.4, 0.5) is 0 Å². The summed E-state index contributed by atoms with van der Waals surface area (Å²) in [7, 11) is -1.47. The third kappa shape index (κ3) is 4.47. The quantitative estimate of drug-likeness (QED) is 0.676. The molecule has 24 heavy (non-hydrogen) atoms. The summed E-state index contributed by atoms with van der Waals surface area (Å²) < 4.78 is 33.9. The van der Waals surface area contributed by atoms with Crippen LogP contribution in [-0.4, -0.2) is 63.3 Å². The molecule has 1 amide bonds. The van der Waals surface area contributed by atoms with Crippen molar-refractivity contribution in [2.24, 2.45) is 0 Å². The van der Waals surface area contributed by atoms with Gasteiger partial charge in [-0.05, 0) is 31.5 Å². The number of hydrogen-bond acceptors (Lipinski definition) is 6. The molecule has 8 heteroatoms. The summed E-state index contributed by atoms with van der Waals surface area (Å²) in [5, 5.41) is 0. The van der Waals surface area contributed by atoms with Crippen LogP contribution in [0.1, 0.15) is 23.7 Å². The van der Waals surface area contributed by atoms with Crippen molar-refractivity contribution < 1.29 is 27.5 Å². The standard InChI is InChI=1S/C16H21NO6S/c1-3-22-15-8-12(9-18)4-5-14(15)23-10-16(19)17(2)13-6-7-24(20,21)11-13/h4-5,8-9,13H,3,6-7,10-11H2,1-2H3/t13-/m0/s1. The number of ether oxygens (including phenoxy) is 2. The predicted octanol–water partition coefficient (Wildman–Crippen LogP) is 0.922. The van der Waals surface area contributed by atoms with Gasteiger partial charge in [-0.2, -0.15) is 0 Å². The summed E-state index contributed by atoms with van der Waals surface area (Å²) in [6.45, 7) is 1.97. The first-order valence-electron chi connectivity index (χ1n) is 7.67. The molecule has 0 saturated carbocycles. The van der Waals surface area contributed by atoms with E-state index in [0.717, 1.165) is 0 Å². The van der Waals surface area contributed by atoms with Gasteiger partial charge >= 0.3 is 0 Å². The minimum Gasteiger partial charge on any atom is -0.490 e. The average Bonchev–Trinajstić information content (AvgIpc) is 2.92. The number of aldehydes is 1. The number of sulfone groups is 1. The van der Waals surface area contributed by atoms with Crippen LogP contribution in [-0.2, 0) is 14.6 Å². The largest absolute Gasteiger partial charge is 0.490 e. The van der Waals surface area contributed by atoms with Gasteiger partial charge in [-0.1, -0.05) is 0 Å². The number of carbonyl (C=O) groups excluding carboxylic acids is 2. The topological polar surface area (TPSA) is 90.0 Å². The van der Waals surface area contributed by atoms with Crippen molar-refractivity contribution in [3.05, 3.63) is 23.8 Å². The first kappa shape index (κ1) is 18.3. The van der Waals surface area contributed by atoms with E-state index in [0.29, 0.717) is 36.4 Å². The molecule has 1 aliphatic heterocycles. The summed E-state index contributed by atoms with van der Waals surface area (Å²) in [4.78, 5) is 24.5. The van der Waals surface area contributed by atoms with E-state index in [1.165, 1.54) is 4.90 Å². The average molecular weight is 355 g/mol. The van der Waals surface area contributed by atoms with Crippen LogP contribution < -0.4 is 9.47 Å². The molecule has 2 rings (SSSR count). The fraction of sp³-hybridized carbons (Fsp3) is 0.500. The molecule has 0 bridgehead atoms. The van der Waals surface area contributed by atoms with Crippen LogP contribution in [0.2, 0.25) is 0 Å². The van der Waals surface area contributed by atoms with E-state index in [-0.39, 0.29) is 30.1 Å². The van der Waals surface area contributed by atoms with Gasteiger partial charge in [0, 0.05) is 18.7 Å². The summed E-state index contributed by atoms with van der Waals surface area (Å²) in [6.07, 6.45) is 1.15. The third-order valence-electron chi connectivity index (χ3n) is 3.90. The summed E-state index contributed by atoms with van der Waals surface area (Å²) in [5.41, 5.74) is 0.449. The zero-order chi connectivity index (χ0) is 17.7. The molecule has 1 fully saturated rings. The van der Waals surface area contributed by atoms with E-state index in [1.54, 1.807) is 32.2 Å². The molecule has 0 radical (unpaired) electrons. The fourth-order valence-corrected chi connectivity index (χ4v) is 4.29. The molecule has 1 aromatic carbocycles. The van der Waals surface area contributed by atoms with Gasteiger partial charge in [0.15, 0.2) is 27.9 Å². The lowest BCUT2D eigenvalue weighted by Gasteiger charge is -2.23. The number of hydrogen-bond donors (Lipinski definition) is 0. The normalized spacial score (nSPS) is 18.8. The van der Waals surface area contributed by atoms with Crippen molar-refractivity contribution in [2.75, 3.05) is 31.8 Å². The lowest BCUT2D eigenvalue weighted by molar-refractivity contribution is -0.133. The lowest BCUT2D eigenvalue weighted by Crippen LogP contribution is -2.40. The van der Waals surface area contributed by atoms with Gasteiger partial charge in [0.25, 0.3) is 5.91 Å². The fourth-order valence-electron chi connectivity index (χ4n) is 2.51. The lowest BCUT2D eigenvalue weighted by atomic mass is 10.2. The number of benzene rings is 1. The molecular weight excluding hydrogens is 334 g/mol. The molecule has 7 nitrogen and oxygen atoms in total. The van der Waals surface area contributed by atoms with E-state index in [4.69, 9.17) is 9.47 Å². The molecule has 1 aromatic rings. The van der Waals surface area contributed by atoms with Crippen molar-refractivity contribution in [1.29, 1.82) is 0 Å². The zero-order valence-corrected chi connectivity index (χ0v) is 14.5. The molecule has 0 aliphatic carbocycles. The molecule has 0 aromatic heterocycles. The van der Waals surface area contributed by atoms with Gasteiger partial charge < -0.3 is 14.4 Å². The maximum atomic E-state index is 12.2. The van der Waals surface area contributed by atoms with Gasteiger partial charge in [0.05, 0.1) is 18.1 Å². The maximum absolute atomic E-state index is 12.2. The van der Waals surface area contributed by atoms with Crippen LogP contribution in [0.25, 0.3) is 0 Å². The van der Waals surface area contributed by atoms with E-state index >= 15 is 0 Å². The molecular formula is C16H21NO6S. The third-order valence-corrected chi connectivity index (χ3v) is 5.65. The minimum atomic E-state index is -3.05. The van der Waals surface area contributed by atoms with E-state index in [2.05, 4.69) is 0 Å². The second-order valence-electron chi connectivity index (χ2n) is 5.61. The van der Waals surface area contributed by atoms with Crippen molar-refractivity contribution >= 4 is 22.0 Å². The molecule has 132 valence electrons. The van der Waals surface area contributed by atoms with Crippen LogP contribution in [0.15, 0.2) is 18.2 Å². The van der Waals surface area contributed by atoms with E-state index < -0.39 is 9.84 Å². The van der Waals surface area contributed by atoms with Crippen molar-refractivity contribution in [3.63, 3.8) is 0 Å². The Kier molecular flexibility index (Phi) is 5.82. The van der Waals surface area contributed by atoms with E-state index in [9.17, 15) is 18.0 Å². The number of carbonyl (C=O) groups is 2. The molecule has 0 spiro atoms. The van der Waals surface area contributed by atoms with E-state index in [1.807, 2.05) is 0 Å². The van der Waals surface area contributed by atoms with Crippen LogP contribution in [0.5, 0.6) is 11.5 Å². The number of likely N-dealkylation sites (N-methyl/N-ethyl adjacent to an activating group) is 1. The molecule has 0 N–H and O–H groups in total. The smallest absolute Gasteiger partial charge is 0.260 e. The highest BCUT2D eigenvalue weighted by Crippen LogP contribution is 2.28. The highest BCUT2D eigenvalue weighted by Gasteiger charge is 2.32. The second kappa shape index (κ2) is 7.65. The summed E-state index contributed by atoms with van der Waals surface area (Å²) in [6, 6.07) is 4.38. The first-order chi connectivity index (χ1) is 11.4. The highest BCUT2D eigenvalue weighted by atomic mass is 32.2. The number of nitrogens with zero attached hydrogens (tertiary/aromatic N) is 1. The zero-order valence-electron chi connectivity index (χ0n) is 13.7. The Morgan fingerprint density at radius 3 is 2.67 bits per heavy atom. The molecule has 1 heterocycles. The van der Waals surface area contributed by atoms with Gasteiger partial charge in [-0.3, -0.25) is 9.59 Å². The Labute approximate surface area is 141 Å². The highest BCUT2D eigenvalue weighted by molar-refractivity contribution is 7.91. The van der Waals surface area contributed by atoms with Crippen LogP contribution >= 0.6 is 0 Å². The summed E-state index contributed by atoms with van der Waals surface area (Å²) in [5.74, 6) is 0.550. The minimum absolute atomic E-state index is 0.00648. The molecule has 1 saturated heterocycles. The van der Waals surface area contributed by atoms with Gasteiger partial charge in [0.1, 0.15) is 6.29 Å². The monoisotopic (exact) mass is 355 g/mol. The van der Waals surface area contributed by atoms with Crippen LogP contribution in [0, 0.1) is 0 Å². The SMILES string of the molecule is CCOc1cc(C=O)ccc1OCC(=O)N(C)[C@H]1CCS(=O)(=O)C1. The molecule has 1 aliphatic rings. The number of amides is 1. The first-order valence-corrected chi connectivity index (χ1v) is 9.49. The van der Waals surface area contributed by atoms with Crippen molar-refractivity contribution in [3.8, 4) is 11.5 Å². The number of rotatable bonds is 7. The maximum Gasteiger partial charge on any atom is 0.260 e. The Hall–Kier alpha value is -2.09. The Bertz CT molecular complexity index is 715. The predicted molar refractivity (Wildman–Crippen MR) is 88.3 cm³/mol. The van der Waals surface area contributed by atoms with Crippen LogP contribution in [0.3, 0.4) is 0 Å². The Balaban J connectivity index is 1.99. The van der Waals surface area contributed by atoms with Gasteiger partial charge in [0.2, 0.25) is 0 Å². The van der Waals surface area contributed by atoms with Gasteiger partial charge in [-0.15, -0.1) is 0 Å². The Morgan fingerprint density at radius 1 is 1.33 bits per heavy atom. The molecule has 0 unspecified atom stereocenters. The van der Waals surface area contributed by atoms with Crippen molar-refractivity contribution in [1.82, 2.24) is 4.90 Å². The summed E-state index contributed by atoms with van der Waals surface area (Å²) >= 11 is 0. The molecule has 1 atom stereocenters. The van der Waals surface area contributed by atoms with Gasteiger partial charge in [-0.25, -0.2) is 8.42 Å². The van der Waals surface area contributed by atoms with Crippen molar-refractivity contribution in [2.45, 2.75) is 19.4 Å². The second-order valence-corrected chi connectivity index (χ2v) is 7.84. The Morgan fingerprint density at radius 2 is 2.08 bits per heavy atom.